The Morgan fingerprint density at radius 1 is 1.12 bits per heavy atom. The molecule has 0 aromatic heterocycles. The van der Waals surface area contributed by atoms with E-state index in [1.165, 1.54) is 0 Å². The van der Waals surface area contributed by atoms with E-state index in [1.807, 2.05) is 0 Å². The molecule has 2 heterocycles. The Balaban J connectivity index is 1.61. The summed E-state index contributed by atoms with van der Waals surface area (Å²) in [4.78, 5) is 12.0. The summed E-state index contributed by atoms with van der Waals surface area (Å²) in [5.74, 6) is -0.622. The molecule has 3 aliphatic rings. The van der Waals surface area contributed by atoms with Gasteiger partial charge in [0.15, 0.2) is 12.6 Å². The highest BCUT2D eigenvalue weighted by molar-refractivity contribution is 5.81. The van der Waals surface area contributed by atoms with Crippen LogP contribution in [0.15, 0.2) is 0 Å². The van der Waals surface area contributed by atoms with Crippen LogP contribution in [0.5, 0.6) is 0 Å². The lowest BCUT2D eigenvalue weighted by atomic mass is 9.86. The van der Waals surface area contributed by atoms with Crippen molar-refractivity contribution in [2.75, 3.05) is 19.8 Å². The highest BCUT2D eigenvalue weighted by Gasteiger charge is 2.49. The Kier molecular flexibility index (Phi) is 9.79. The maximum atomic E-state index is 12.0. The van der Waals surface area contributed by atoms with E-state index >= 15 is 0 Å². The first kappa shape index (κ1) is 26.6. The van der Waals surface area contributed by atoms with E-state index in [4.69, 9.17) is 41.3 Å². The molecule has 1 aliphatic carbocycles. The summed E-state index contributed by atoms with van der Waals surface area (Å²) in [6.45, 7) is -0.595. The molecule has 0 aromatic carbocycles. The molecule has 0 spiro atoms. The third-order valence-corrected chi connectivity index (χ3v) is 6.41. The van der Waals surface area contributed by atoms with Crippen molar-refractivity contribution in [3.8, 4) is 0 Å². The van der Waals surface area contributed by atoms with Gasteiger partial charge in [0.25, 0.3) is 0 Å². The van der Waals surface area contributed by atoms with Gasteiger partial charge in [0.2, 0.25) is 5.91 Å². The fourth-order valence-corrected chi connectivity index (χ4v) is 4.53. The van der Waals surface area contributed by atoms with Crippen molar-refractivity contribution in [1.82, 2.24) is 5.32 Å². The molecule has 3 rings (SSSR count). The first-order chi connectivity index (χ1) is 15.8. The normalized spacial score (nSPS) is 42.8. The number of hydrogen-bond acceptors (Lipinski definition) is 12. The zero-order valence-corrected chi connectivity index (χ0v) is 18.6. The van der Waals surface area contributed by atoms with Crippen LogP contribution in [0.3, 0.4) is 0 Å². The fraction of sp³-hybridized carbons (Fsp3) is 0.950. The van der Waals surface area contributed by atoms with Crippen LogP contribution in [0.25, 0.3) is 0 Å². The van der Waals surface area contributed by atoms with Crippen LogP contribution in [-0.2, 0) is 23.7 Å². The van der Waals surface area contributed by atoms with E-state index in [0.29, 0.717) is 13.0 Å². The number of hydrogen-bond donors (Lipinski definition) is 8. The maximum absolute atomic E-state index is 12.0. The van der Waals surface area contributed by atoms with Gasteiger partial charge in [-0.3, -0.25) is 4.79 Å². The number of nitrogens with one attached hydrogen (secondary N) is 1. The largest absolute Gasteiger partial charge is 0.394 e. The molecule has 0 bridgehead atoms. The van der Waals surface area contributed by atoms with Gasteiger partial charge in [-0.1, -0.05) is 0 Å². The molecular weight excluding hydrogens is 440 g/mol. The topological polar surface area (TPSA) is 225 Å². The summed E-state index contributed by atoms with van der Waals surface area (Å²) in [5, 5.41) is 42.9. The standard InChI is InChI=1S/C20H38N4O9/c21-6-10-2-1-3-15(30-10)33-18-14(8-26)32-20(17(18)28)31-13-5-9(22)4-12(16(13)27)24-19(29)11(23)7-25/h9-18,20,25-28H,1-8,21-23H2,(H,24,29)/t9-,10+,11-,12+,13-,14+,15+,16-,17+,18+,20+/m0/s1. The van der Waals surface area contributed by atoms with Crippen LogP contribution in [-0.4, -0.2) is 113 Å². The SMILES string of the molecule is NC[C@H]1CCC[C@@H](O[C@H]2[C@@H](O)[C@H](O[C@H]3C[C@@H](N)C[C@@H](NC(=O)[C@@H](N)CO)[C@@H]3O)O[C@@H]2CO)O1. The monoisotopic (exact) mass is 478 g/mol. The highest BCUT2D eigenvalue weighted by atomic mass is 16.7. The van der Waals surface area contributed by atoms with Crippen LogP contribution in [0.1, 0.15) is 32.1 Å². The van der Waals surface area contributed by atoms with Gasteiger partial charge in [-0.05, 0) is 32.1 Å². The Morgan fingerprint density at radius 3 is 2.55 bits per heavy atom. The van der Waals surface area contributed by atoms with E-state index in [2.05, 4.69) is 5.32 Å². The van der Waals surface area contributed by atoms with Gasteiger partial charge in [-0.2, -0.15) is 0 Å². The molecule has 3 fully saturated rings. The number of carbonyl (C=O) groups is 1. The second-order valence-electron chi connectivity index (χ2n) is 8.97. The van der Waals surface area contributed by atoms with Gasteiger partial charge >= 0.3 is 0 Å². The van der Waals surface area contributed by atoms with E-state index in [9.17, 15) is 20.1 Å². The minimum absolute atomic E-state index is 0.132. The first-order valence-electron chi connectivity index (χ1n) is 11.5. The third kappa shape index (κ3) is 6.58. The summed E-state index contributed by atoms with van der Waals surface area (Å²) in [7, 11) is 0. The predicted molar refractivity (Wildman–Crippen MR) is 113 cm³/mol. The Hall–Kier alpha value is -0.970. The number of aliphatic hydroxyl groups is 4. The number of nitrogens with two attached hydrogens (primary N) is 3. The molecule has 11 N–H and O–H groups in total. The van der Waals surface area contributed by atoms with Gasteiger partial charge in [-0.15, -0.1) is 0 Å². The molecular formula is C20H38N4O9. The quantitative estimate of drug-likeness (QED) is 0.159. The molecule has 192 valence electrons. The number of rotatable bonds is 9. The van der Waals surface area contributed by atoms with Crippen LogP contribution in [0.4, 0.5) is 0 Å². The van der Waals surface area contributed by atoms with Crippen molar-refractivity contribution in [3.63, 3.8) is 0 Å². The molecule has 11 atom stereocenters. The Labute approximate surface area is 192 Å². The lowest BCUT2D eigenvalue weighted by Crippen LogP contribution is -2.60. The smallest absolute Gasteiger partial charge is 0.239 e. The molecule has 1 amide bonds. The zero-order valence-electron chi connectivity index (χ0n) is 18.6. The van der Waals surface area contributed by atoms with Crippen molar-refractivity contribution < 1.29 is 44.2 Å². The molecule has 33 heavy (non-hydrogen) atoms. The van der Waals surface area contributed by atoms with Crippen molar-refractivity contribution in [1.29, 1.82) is 0 Å². The molecule has 13 heteroatoms. The molecule has 2 saturated heterocycles. The molecule has 0 aromatic rings. The average Bonchev–Trinajstić information content (AvgIpc) is 3.10. The maximum Gasteiger partial charge on any atom is 0.239 e. The zero-order chi connectivity index (χ0) is 24.1. The second-order valence-corrected chi connectivity index (χ2v) is 8.97. The van der Waals surface area contributed by atoms with Crippen LogP contribution < -0.4 is 22.5 Å². The predicted octanol–water partition coefficient (Wildman–Crippen LogP) is -4.02. The number of carbonyl (C=O) groups excluding carboxylic acids is 1. The van der Waals surface area contributed by atoms with Crippen LogP contribution in [0.2, 0.25) is 0 Å². The second kappa shape index (κ2) is 12.1. The summed E-state index contributed by atoms with van der Waals surface area (Å²) in [6, 6.07) is -2.29. The number of amides is 1. The van der Waals surface area contributed by atoms with Gasteiger partial charge in [0.05, 0.1) is 31.5 Å². The molecule has 1 saturated carbocycles. The van der Waals surface area contributed by atoms with Crippen molar-refractivity contribution in [3.05, 3.63) is 0 Å². The van der Waals surface area contributed by atoms with E-state index in [0.717, 1.165) is 12.8 Å². The minimum Gasteiger partial charge on any atom is -0.394 e. The van der Waals surface area contributed by atoms with E-state index < -0.39 is 80.3 Å². The average molecular weight is 479 g/mol. The summed E-state index contributed by atoms with van der Waals surface area (Å²) >= 11 is 0. The van der Waals surface area contributed by atoms with Gasteiger partial charge in [0.1, 0.15) is 30.5 Å². The van der Waals surface area contributed by atoms with Crippen molar-refractivity contribution in [2.45, 2.75) is 99.4 Å². The summed E-state index contributed by atoms with van der Waals surface area (Å²) in [5.41, 5.74) is 17.3. The summed E-state index contributed by atoms with van der Waals surface area (Å²) < 4.78 is 23.2. The molecule has 13 nitrogen and oxygen atoms in total. The molecule has 2 aliphatic heterocycles. The van der Waals surface area contributed by atoms with Gasteiger partial charge in [-0.25, -0.2) is 0 Å². The Morgan fingerprint density at radius 2 is 1.88 bits per heavy atom. The van der Waals surface area contributed by atoms with E-state index in [1.54, 1.807) is 0 Å². The van der Waals surface area contributed by atoms with Crippen molar-refractivity contribution >= 4 is 5.91 Å². The molecule has 0 radical (unpaired) electrons. The van der Waals surface area contributed by atoms with Gasteiger partial charge in [0, 0.05) is 12.6 Å². The van der Waals surface area contributed by atoms with Gasteiger partial charge < -0.3 is 61.9 Å². The first-order valence-corrected chi connectivity index (χ1v) is 11.5. The third-order valence-electron chi connectivity index (χ3n) is 6.41. The highest BCUT2D eigenvalue weighted by Crippen LogP contribution is 2.32. The van der Waals surface area contributed by atoms with Crippen molar-refractivity contribution in [2.24, 2.45) is 17.2 Å². The van der Waals surface area contributed by atoms with E-state index in [-0.39, 0.29) is 18.9 Å². The fourth-order valence-electron chi connectivity index (χ4n) is 4.53. The number of aliphatic hydroxyl groups excluding tert-OH is 4. The molecule has 0 unspecified atom stereocenters. The lowest BCUT2D eigenvalue weighted by molar-refractivity contribution is -0.233. The number of ether oxygens (including phenoxy) is 4. The minimum atomic E-state index is -1.26. The van der Waals surface area contributed by atoms with Crippen LogP contribution >= 0.6 is 0 Å². The summed E-state index contributed by atoms with van der Waals surface area (Å²) in [6.07, 6.45) is -4.12. The lowest BCUT2D eigenvalue weighted by Gasteiger charge is -2.39. The Bertz CT molecular complexity index is 632. The van der Waals surface area contributed by atoms with Crippen LogP contribution in [0, 0.1) is 0 Å².